The van der Waals surface area contributed by atoms with E-state index in [2.05, 4.69) is 16.5 Å². The fourth-order valence-corrected chi connectivity index (χ4v) is 0.538. The molecule has 0 saturated heterocycles. The molecule has 6 nitrogen and oxygen atoms in total. The van der Waals surface area contributed by atoms with Crippen LogP contribution in [0.3, 0.4) is 0 Å². The number of isothiocyanates is 1. The molecule has 0 amide bonds. The van der Waals surface area contributed by atoms with Crippen LogP contribution in [0, 0.1) is 5.41 Å². The fraction of sp³-hybridized carbons (Fsp3) is 0. The van der Waals surface area contributed by atoms with Crippen LogP contribution >= 0.6 is 28.7 Å². The molecular weight excluding hydrogens is 200 g/mol. The van der Waals surface area contributed by atoms with Gasteiger partial charge in [0, 0.05) is 9.13 Å². The second-order valence-electron chi connectivity index (χ2n) is 0.659. The Balaban J connectivity index is 0. The van der Waals surface area contributed by atoms with Crippen molar-refractivity contribution in [3.05, 3.63) is 0 Å². The summed E-state index contributed by atoms with van der Waals surface area (Å²) in [5.41, 5.74) is 0. The number of nitrogens with one attached hydrogen (secondary N) is 1. The van der Waals surface area contributed by atoms with E-state index >= 15 is 0 Å². The van der Waals surface area contributed by atoms with Crippen molar-refractivity contribution in [2.45, 2.75) is 0 Å². The molecule has 2 unspecified atom stereocenters. The fourth-order valence-electron chi connectivity index (χ4n) is 0.0598. The van der Waals surface area contributed by atoms with Crippen LogP contribution in [0.4, 0.5) is 0 Å². The zero-order valence-electron chi connectivity index (χ0n) is 4.42. The van der Waals surface area contributed by atoms with Crippen molar-refractivity contribution in [1.29, 1.82) is 5.41 Å². The highest BCUT2D eigenvalue weighted by atomic mass is 32.1. The summed E-state index contributed by atoms with van der Waals surface area (Å²) in [7, 11) is -5.85. The lowest BCUT2D eigenvalue weighted by Gasteiger charge is -1.50. The topological polar surface area (TPSA) is 108 Å². The highest BCUT2D eigenvalue weighted by molar-refractivity contribution is 7.78. The van der Waals surface area contributed by atoms with E-state index in [9.17, 15) is 9.13 Å². The van der Waals surface area contributed by atoms with Crippen LogP contribution in [-0.4, -0.2) is 14.9 Å². The molecule has 0 saturated carbocycles. The molecule has 0 bridgehead atoms. The quantitative estimate of drug-likeness (QED) is 0.350. The average molecular weight is 203 g/mol. The summed E-state index contributed by atoms with van der Waals surface area (Å²) in [6.45, 7) is 0. The Labute approximate surface area is 63.2 Å². The largest absolute Gasteiger partial charge is 0.745 e. The van der Waals surface area contributed by atoms with Gasteiger partial charge in [-0.15, -0.1) is 9.79 Å². The van der Waals surface area contributed by atoms with Gasteiger partial charge in [0.2, 0.25) is 0 Å². The molecule has 0 aliphatic heterocycles. The van der Waals surface area contributed by atoms with E-state index in [-0.39, 0.29) is 0 Å². The molecule has 9 heteroatoms. The van der Waals surface area contributed by atoms with Crippen molar-refractivity contribution in [1.82, 2.24) is 0 Å². The van der Waals surface area contributed by atoms with Crippen molar-refractivity contribution >= 4 is 33.9 Å². The number of hydrogen-bond acceptors (Lipinski definition) is 5. The Morgan fingerprint density at radius 1 is 1.40 bits per heavy atom. The number of rotatable bonds is 2. The van der Waals surface area contributed by atoms with Gasteiger partial charge >= 0.3 is 16.5 Å². The molecule has 0 heterocycles. The molecular formula is CH3NO5P2S+2. The van der Waals surface area contributed by atoms with E-state index in [0.717, 1.165) is 0 Å². The maximum absolute atomic E-state index is 9.39. The minimum absolute atomic E-state index is 1.58. The molecule has 10 heavy (non-hydrogen) atoms. The van der Waals surface area contributed by atoms with Crippen LogP contribution in [0.15, 0.2) is 0 Å². The van der Waals surface area contributed by atoms with Crippen LogP contribution in [0.2, 0.25) is 0 Å². The van der Waals surface area contributed by atoms with E-state index in [4.69, 9.17) is 15.2 Å². The third-order valence-electron chi connectivity index (χ3n) is 0.140. The van der Waals surface area contributed by atoms with Crippen LogP contribution < -0.4 is 0 Å². The summed E-state index contributed by atoms with van der Waals surface area (Å²) < 4.78 is 22.2. The van der Waals surface area contributed by atoms with Gasteiger partial charge in [-0.3, -0.25) is 0 Å². The molecule has 0 aliphatic carbocycles. The van der Waals surface area contributed by atoms with E-state index in [1.165, 1.54) is 0 Å². The second kappa shape index (κ2) is 8.88. The first-order chi connectivity index (χ1) is 4.54. The van der Waals surface area contributed by atoms with Gasteiger partial charge < -0.3 is 0 Å². The molecule has 2 atom stereocenters. The first kappa shape index (κ1) is 12.5. The normalized spacial score (nSPS) is 10.2. The van der Waals surface area contributed by atoms with Crippen molar-refractivity contribution < 1.29 is 23.2 Å². The van der Waals surface area contributed by atoms with Crippen LogP contribution in [0.1, 0.15) is 0 Å². The van der Waals surface area contributed by atoms with E-state index in [0.29, 0.717) is 0 Å². The Bertz CT molecular complexity index is 151. The lowest BCUT2D eigenvalue weighted by Crippen LogP contribution is -1.58. The summed E-state index contributed by atoms with van der Waals surface area (Å²) in [6, 6.07) is 0. The van der Waals surface area contributed by atoms with Crippen molar-refractivity contribution in [2.24, 2.45) is 0 Å². The highest BCUT2D eigenvalue weighted by Crippen LogP contribution is 2.30. The van der Waals surface area contributed by atoms with Crippen molar-refractivity contribution in [3.63, 3.8) is 0 Å². The third kappa shape index (κ3) is 24.8. The lowest BCUT2D eigenvalue weighted by atomic mass is 11.8. The number of hydrogen-bond donors (Lipinski definition) is 3. The Morgan fingerprint density at radius 2 is 1.60 bits per heavy atom. The van der Waals surface area contributed by atoms with Gasteiger partial charge in [0.1, 0.15) is 0 Å². The van der Waals surface area contributed by atoms with E-state index in [1.54, 1.807) is 5.16 Å². The summed E-state index contributed by atoms with van der Waals surface area (Å²) in [6.07, 6.45) is 0. The average Bonchev–Trinajstić information content (AvgIpc) is 1.62. The van der Waals surface area contributed by atoms with E-state index < -0.39 is 16.5 Å². The monoisotopic (exact) mass is 203 g/mol. The van der Waals surface area contributed by atoms with Gasteiger partial charge in [-0.1, -0.05) is 0 Å². The molecule has 0 fully saturated rings. The van der Waals surface area contributed by atoms with Crippen LogP contribution in [0.25, 0.3) is 0 Å². The smallest absolute Gasteiger partial charge is 0.248 e. The first-order valence-electron chi connectivity index (χ1n) is 1.58. The van der Waals surface area contributed by atoms with Gasteiger partial charge in [-0.25, -0.2) is 5.41 Å². The van der Waals surface area contributed by atoms with Gasteiger partial charge in [0.15, 0.2) is 4.31 Å². The minimum Gasteiger partial charge on any atom is -0.248 e. The Hall–Kier alpha value is -0.120. The minimum atomic E-state index is -2.92. The number of thiocarbonyl (C=S) groups is 1. The molecule has 0 aromatic heterocycles. The first-order valence-corrected chi connectivity index (χ1v) is 4.25. The molecule has 0 radical (unpaired) electrons. The Morgan fingerprint density at radius 3 is 1.60 bits per heavy atom. The van der Waals surface area contributed by atoms with Gasteiger partial charge in [-0.05, 0) is 12.2 Å². The van der Waals surface area contributed by atoms with Gasteiger partial charge in [0.25, 0.3) is 0 Å². The standard InChI is InChI=1S/CHNS.O5P2/c2-1-3;1-6(2)5-7(3)4/h2H;/p+2. The molecule has 56 valence electrons. The zero-order chi connectivity index (χ0) is 8.57. The summed E-state index contributed by atoms with van der Waals surface area (Å²) in [5.74, 6) is 0. The second-order valence-corrected chi connectivity index (χ2v) is 2.47. The van der Waals surface area contributed by atoms with E-state index in [1.807, 2.05) is 0 Å². The van der Waals surface area contributed by atoms with Crippen LogP contribution in [0.5, 0.6) is 0 Å². The maximum Gasteiger partial charge on any atom is 0.745 e. The highest BCUT2D eigenvalue weighted by Gasteiger charge is 2.31. The Kier molecular flexibility index (Phi) is 11.1. The molecule has 0 aliphatic rings. The van der Waals surface area contributed by atoms with Crippen molar-refractivity contribution in [3.8, 4) is 0 Å². The van der Waals surface area contributed by atoms with Gasteiger partial charge in [-0.2, -0.15) is 0 Å². The predicted molar refractivity (Wildman–Crippen MR) is 36.1 cm³/mol. The third-order valence-corrected chi connectivity index (χ3v) is 1.26. The summed E-state index contributed by atoms with van der Waals surface area (Å²) in [4.78, 5) is 15.3. The molecule has 0 aromatic carbocycles. The lowest BCUT2D eigenvalue weighted by molar-refractivity contribution is 0.371. The molecule has 0 aromatic rings. The SMILES string of the molecule is N=C=S.O=[P+](O)O[P+](=O)O. The molecule has 3 N–H and O–H groups in total. The molecule has 0 rings (SSSR count). The summed E-state index contributed by atoms with van der Waals surface area (Å²) in [5, 5.41) is 7.36. The van der Waals surface area contributed by atoms with Crippen molar-refractivity contribution in [2.75, 3.05) is 0 Å². The van der Waals surface area contributed by atoms with Crippen LogP contribution in [-0.2, 0) is 13.4 Å². The molecule has 0 spiro atoms. The zero-order valence-corrected chi connectivity index (χ0v) is 7.03. The predicted octanol–water partition coefficient (Wildman–Crippen LogP) is 0.970. The maximum atomic E-state index is 9.39. The van der Waals surface area contributed by atoms with Gasteiger partial charge in [0.05, 0.1) is 5.16 Å². The summed E-state index contributed by atoms with van der Waals surface area (Å²) >= 11 is 3.81.